The van der Waals surface area contributed by atoms with Crippen LogP contribution in [0.5, 0.6) is 0 Å². The molecule has 20 heavy (non-hydrogen) atoms. The van der Waals surface area contributed by atoms with Crippen molar-refractivity contribution >= 4 is 17.5 Å². The number of anilines is 1. The Kier molecular flexibility index (Phi) is 4.41. The van der Waals surface area contributed by atoms with Crippen molar-refractivity contribution in [2.45, 2.75) is 32.1 Å². The van der Waals surface area contributed by atoms with Crippen LogP contribution in [-0.4, -0.2) is 34.8 Å². The Balaban J connectivity index is 1.47. The minimum atomic E-state index is 0.351. The highest BCUT2D eigenvalue weighted by atomic mass is 35.5. The van der Waals surface area contributed by atoms with Gasteiger partial charge in [-0.3, -0.25) is 0 Å². The van der Waals surface area contributed by atoms with E-state index in [4.69, 9.17) is 16.7 Å². The quantitative estimate of drug-likeness (QED) is 0.928. The maximum absolute atomic E-state index is 8.95. The number of aliphatic hydroxyl groups excluding tert-OH is 1. The summed E-state index contributed by atoms with van der Waals surface area (Å²) in [5.74, 6) is 3.33. The first kappa shape index (κ1) is 14.1. The lowest BCUT2D eigenvalue weighted by Gasteiger charge is -2.44. The van der Waals surface area contributed by atoms with E-state index in [1.807, 2.05) is 0 Å². The van der Waals surface area contributed by atoms with Gasteiger partial charge in [-0.05, 0) is 49.9 Å². The molecule has 1 saturated carbocycles. The average molecular weight is 296 g/mol. The van der Waals surface area contributed by atoms with Crippen LogP contribution < -0.4 is 4.90 Å². The fraction of sp³-hybridized carbons (Fsp3) is 0.733. The maximum atomic E-state index is 8.95. The zero-order valence-corrected chi connectivity index (χ0v) is 12.5. The van der Waals surface area contributed by atoms with E-state index in [1.165, 1.54) is 25.7 Å². The van der Waals surface area contributed by atoms with Crippen LogP contribution in [0.1, 0.15) is 32.1 Å². The second-order valence-corrected chi connectivity index (χ2v) is 6.57. The van der Waals surface area contributed by atoms with Crippen molar-refractivity contribution in [2.75, 3.05) is 24.6 Å². The summed E-state index contributed by atoms with van der Waals surface area (Å²) in [5.41, 5.74) is 0. The van der Waals surface area contributed by atoms with E-state index in [2.05, 4.69) is 14.9 Å². The van der Waals surface area contributed by atoms with Crippen LogP contribution in [0.2, 0.25) is 5.02 Å². The third kappa shape index (κ3) is 3.07. The van der Waals surface area contributed by atoms with Crippen LogP contribution in [0.15, 0.2) is 12.4 Å². The lowest BCUT2D eigenvalue weighted by Crippen LogP contribution is -2.40. The van der Waals surface area contributed by atoms with Gasteiger partial charge in [0.1, 0.15) is 0 Å². The summed E-state index contributed by atoms with van der Waals surface area (Å²) in [6.45, 7) is 2.45. The van der Waals surface area contributed by atoms with Gasteiger partial charge in [0.25, 0.3) is 0 Å². The number of rotatable bonds is 4. The highest BCUT2D eigenvalue weighted by Gasteiger charge is 2.36. The van der Waals surface area contributed by atoms with Crippen molar-refractivity contribution in [3.8, 4) is 0 Å². The number of halogens is 1. The molecule has 5 heteroatoms. The van der Waals surface area contributed by atoms with E-state index in [-0.39, 0.29) is 0 Å². The molecule has 2 fully saturated rings. The fourth-order valence-electron chi connectivity index (χ4n) is 3.63. The van der Waals surface area contributed by atoms with Crippen LogP contribution in [0.3, 0.4) is 0 Å². The zero-order chi connectivity index (χ0) is 13.9. The Labute approximate surface area is 125 Å². The van der Waals surface area contributed by atoms with Crippen molar-refractivity contribution in [3.63, 3.8) is 0 Å². The molecule has 0 unspecified atom stereocenters. The number of hydrogen-bond donors (Lipinski definition) is 1. The summed E-state index contributed by atoms with van der Waals surface area (Å²) in [4.78, 5) is 10.9. The molecular formula is C15H22ClN3O. The smallest absolute Gasteiger partial charge is 0.225 e. The van der Waals surface area contributed by atoms with E-state index in [1.54, 1.807) is 12.4 Å². The minimum absolute atomic E-state index is 0.351. The lowest BCUT2D eigenvalue weighted by molar-refractivity contribution is 0.0854. The molecule has 3 rings (SSSR count). The molecule has 0 bridgehead atoms. The number of piperidine rings is 1. The predicted octanol–water partition coefficient (Wildman–Crippen LogP) is 2.76. The Morgan fingerprint density at radius 3 is 2.40 bits per heavy atom. The molecule has 0 radical (unpaired) electrons. The number of aliphatic hydroxyl groups is 1. The first-order valence-electron chi connectivity index (χ1n) is 7.59. The molecule has 0 spiro atoms. The van der Waals surface area contributed by atoms with Gasteiger partial charge < -0.3 is 10.0 Å². The Morgan fingerprint density at radius 2 is 1.80 bits per heavy atom. The first-order valence-corrected chi connectivity index (χ1v) is 7.97. The minimum Gasteiger partial charge on any atom is -0.396 e. The molecule has 1 aliphatic heterocycles. The highest BCUT2D eigenvalue weighted by Crippen LogP contribution is 2.44. The molecule has 2 aliphatic rings. The highest BCUT2D eigenvalue weighted by molar-refractivity contribution is 6.30. The van der Waals surface area contributed by atoms with E-state index >= 15 is 0 Å². The molecule has 0 atom stereocenters. The van der Waals surface area contributed by atoms with E-state index < -0.39 is 0 Å². The molecule has 110 valence electrons. The summed E-state index contributed by atoms with van der Waals surface area (Å²) in [6.07, 6.45) is 9.45. The van der Waals surface area contributed by atoms with Crippen LogP contribution in [0.4, 0.5) is 5.95 Å². The number of nitrogens with zero attached hydrogens (tertiary/aromatic N) is 3. The molecule has 2 heterocycles. The third-order valence-electron chi connectivity index (χ3n) is 4.91. The SMILES string of the molecule is OCCC1CC(C2CCN(c3ncc(Cl)cn3)CC2)C1. The van der Waals surface area contributed by atoms with Crippen LogP contribution in [-0.2, 0) is 0 Å². The van der Waals surface area contributed by atoms with Gasteiger partial charge in [-0.25, -0.2) is 9.97 Å². The van der Waals surface area contributed by atoms with Crippen LogP contribution in [0, 0.1) is 17.8 Å². The van der Waals surface area contributed by atoms with Gasteiger partial charge >= 0.3 is 0 Å². The topological polar surface area (TPSA) is 49.2 Å². The molecule has 4 nitrogen and oxygen atoms in total. The molecule has 1 N–H and O–H groups in total. The van der Waals surface area contributed by atoms with E-state index in [0.717, 1.165) is 43.2 Å². The molecule has 0 aromatic carbocycles. The Hall–Kier alpha value is -0.870. The van der Waals surface area contributed by atoms with Crippen molar-refractivity contribution in [1.29, 1.82) is 0 Å². The number of aromatic nitrogens is 2. The summed E-state index contributed by atoms with van der Waals surface area (Å²) in [6, 6.07) is 0. The fourth-order valence-corrected chi connectivity index (χ4v) is 3.73. The molecule has 1 aliphatic carbocycles. The standard InChI is InChI=1S/C15H22ClN3O/c16-14-9-17-15(18-10-14)19-4-1-12(2-5-19)13-7-11(8-13)3-6-20/h9-13,20H,1-8H2. The third-order valence-corrected chi connectivity index (χ3v) is 5.10. The largest absolute Gasteiger partial charge is 0.396 e. The van der Waals surface area contributed by atoms with Gasteiger partial charge in [0.2, 0.25) is 5.95 Å². The van der Waals surface area contributed by atoms with Crippen molar-refractivity contribution in [2.24, 2.45) is 17.8 Å². The summed E-state index contributed by atoms with van der Waals surface area (Å²) in [5, 5.41) is 9.54. The second-order valence-electron chi connectivity index (χ2n) is 6.14. The molecular weight excluding hydrogens is 274 g/mol. The summed E-state index contributed by atoms with van der Waals surface area (Å²) < 4.78 is 0. The maximum Gasteiger partial charge on any atom is 0.225 e. The lowest BCUT2D eigenvalue weighted by atomic mass is 9.65. The zero-order valence-electron chi connectivity index (χ0n) is 11.7. The Bertz CT molecular complexity index is 425. The molecule has 1 aromatic rings. The summed E-state index contributed by atoms with van der Waals surface area (Å²) >= 11 is 5.82. The second kappa shape index (κ2) is 6.27. The van der Waals surface area contributed by atoms with Crippen molar-refractivity contribution in [3.05, 3.63) is 17.4 Å². The van der Waals surface area contributed by atoms with Crippen LogP contribution >= 0.6 is 11.6 Å². The summed E-state index contributed by atoms with van der Waals surface area (Å²) in [7, 11) is 0. The van der Waals surface area contributed by atoms with Gasteiger partial charge in [0.05, 0.1) is 17.4 Å². The first-order chi connectivity index (χ1) is 9.76. The molecule has 1 saturated heterocycles. The van der Waals surface area contributed by atoms with Crippen LogP contribution in [0.25, 0.3) is 0 Å². The Morgan fingerprint density at radius 1 is 1.15 bits per heavy atom. The molecule has 0 amide bonds. The van der Waals surface area contributed by atoms with Gasteiger partial charge in [-0.2, -0.15) is 0 Å². The number of hydrogen-bond acceptors (Lipinski definition) is 4. The van der Waals surface area contributed by atoms with Gasteiger partial charge in [0.15, 0.2) is 0 Å². The van der Waals surface area contributed by atoms with Crippen molar-refractivity contribution < 1.29 is 5.11 Å². The van der Waals surface area contributed by atoms with Gasteiger partial charge in [0, 0.05) is 19.7 Å². The van der Waals surface area contributed by atoms with Crippen molar-refractivity contribution in [1.82, 2.24) is 9.97 Å². The normalized spacial score (nSPS) is 27.4. The van der Waals surface area contributed by atoms with Gasteiger partial charge in [-0.1, -0.05) is 11.6 Å². The molecule has 1 aromatic heterocycles. The predicted molar refractivity (Wildman–Crippen MR) is 79.9 cm³/mol. The van der Waals surface area contributed by atoms with Gasteiger partial charge in [-0.15, -0.1) is 0 Å². The van der Waals surface area contributed by atoms with E-state index in [9.17, 15) is 0 Å². The van der Waals surface area contributed by atoms with E-state index in [0.29, 0.717) is 11.6 Å². The monoisotopic (exact) mass is 295 g/mol. The average Bonchev–Trinajstić information content (AvgIpc) is 2.44.